The second-order valence-electron chi connectivity index (χ2n) is 7.36. The van der Waals surface area contributed by atoms with E-state index in [2.05, 4.69) is 5.32 Å². The van der Waals surface area contributed by atoms with Crippen molar-refractivity contribution >= 4 is 22.6 Å². The highest BCUT2D eigenvalue weighted by Crippen LogP contribution is 2.35. The number of ketones is 1. The van der Waals surface area contributed by atoms with Crippen molar-refractivity contribution in [3.8, 4) is 0 Å². The summed E-state index contributed by atoms with van der Waals surface area (Å²) in [6.07, 6.45) is 4.42. The van der Waals surface area contributed by atoms with Crippen molar-refractivity contribution in [3.05, 3.63) is 36.0 Å². The molecular weight excluding hydrogens is 344 g/mol. The molecule has 2 aliphatic rings. The largest absolute Gasteiger partial charge is 0.379 e. The van der Waals surface area contributed by atoms with Gasteiger partial charge in [-0.1, -0.05) is 18.2 Å². The van der Waals surface area contributed by atoms with Gasteiger partial charge in [0.2, 0.25) is 5.91 Å². The third-order valence-corrected chi connectivity index (χ3v) is 5.35. The Hall–Kier alpha value is -2.18. The number of para-hydroxylation sites is 1. The maximum Gasteiger partial charge on any atom is 0.240 e. The van der Waals surface area contributed by atoms with E-state index in [4.69, 9.17) is 9.47 Å². The summed E-state index contributed by atoms with van der Waals surface area (Å²) in [5, 5.41) is 4.02. The number of carbonyl (C=O) groups is 2. The fourth-order valence-electron chi connectivity index (χ4n) is 3.80. The Morgan fingerprint density at radius 3 is 2.85 bits per heavy atom. The Bertz CT molecular complexity index is 838. The molecule has 0 radical (unpaired) electrons. The van der Waals surface area contributed by atoms with E-state index in [0.717, 1.165) is 35.7 Å². The van der Waals surface area contributed by atoms with Gasteiger partial charge in [-0.05, 0) is 32.3 Å². The van der Waals surface area contributed by atoms with Gasteiger partial charge in [-0.3, -0.25) is 9.59 Å². The molecule has 144 valence electrons. The van der Waals surface area contributed by atoms with Gasteiger partial charge >= 0.3 is 0 Å². The Balaban J connectivity index is 1.51. The maximum atomic E-state index is 12.7. The van der Waals surface area contributed by atoms with Gasteiger partial charge in [0, 0.05) is 41.8 Å². The van der Waals surface area contributed by atoms with E-state index in [1.807, 2.05) is 42.0 Å². The molecule has 0 spiro atoms. The van der Waals surface area contributed by atoms with Crippen LogP contribution < -0.4 is 5.32 Å². The van der Waals surface area contributed by atoms with Gasteiger partial charge in [0.1, 0.15) is 12.6 Å². The summed E-state index contributed by atoms with van der Waals surface area (Å²) in [6.45, 7) is 3.86. The maximum absolute atomic E-state index is 12.7. The summed E-state index contributed by atoms with van der Waals surface area (Å²) in [7, 11) is 0. The van der Waals surface area contributed by atoms with Gasteiger partial charge in [-0.25, -0.2) is 0 Å². The van der Waals surface area contributed by atoms with Crippen LogP contribution in [0.1, 0.15) is 36.5 Å². The van der Waals surface area contributed by atoms with Crippen LogP contribution >= 0.6 is 0 Å². The van der Waals surface area contributed by atoms with Crippen LogP contribution in [0.5, 0.6) is 0 Å². The van der Waals surface area contributed by atoms with Gasteiger partial charge in [-0.2, -0.15) is 0 Å². The van der Waals surface area contributed by atoms with Crippen molar-refractivity contribution in [2.24, 2.45) is 5.92 Å². The summed E-state index contributed by atoms with van der Waals surface area (Å²) in [5.41, 5.74) is 1.66. The molecule has 2 aromatic rings. The molecule has 1 saturated heterocycles. The minimum atomic E-state index is -0.110. The number of nitrogens with one attached hydrogen (secondary N) is 1. The minimum absolute atomic E-state index is 0.0411. The molecule has 2 atom stereocenters. The van der Waals surface area contributed by atoms with Crippen LogP contribution in [-0.2, 0) is 20.8 Å². The molecule has 1 amide bonds. The number of carbonyl (C=O) groups excluding carboxylic acids is 2. The summed E-state index contributed by atoms with van der Waals surface area (Å²) < 4.78 is 13.0. The average molecular weight is 370 g/mol. The zero-order valence-electron chi connectivity index (χ0n) is 15.6. The van der Waals surface area contributed by atoms with Crippen LogP contribution in [0.25, 0.3) is 10.9 Å². The Morgan fingerprint density at radius 1 is 1.26 bits per heavy atom. The zero-order valence-corrected chi connectivity index (χ0v) is 15.6. The van der Waals surface area contributed by atoms with E-state index in [1.165, 1.54) is 0 Å². The van der Waals surface area contributed by atoms with Crippen molar-refractivity contribution in [2.75, 3.05) is 19.8 Å². The van der Waals surface area contributed by atoms with Gasteiger partial charge in [0.15, 0.2) is 5.78 Å². The molecule has 0 unspecified atom stereocenters. The van der Waals surface area contributed by atoms with Crippen molar-refractivity contribution in [1.29, 1.82) is 0 Å². The molecule has 1 aromatic heterocycles. The minimum Gasteiger partial charge on any atom is -0.379 e. The predicted octanol–water partition coefficient (Wildman–Crippen LogP) is 2.54. The number of rotatable bonds is 7. The molecule has 1 saturated carbocycles. The lowest BCUT2D eigenvalue weighted by molar-refractivity contribution is -0.126. The Labute approximate surface area is 158 Å². The van der Waals surface area contributed by atoms with E-state index < -0.39 is 0 Å². The van der Waals surface area contributed by atoms with E-state index in [9.17, 15) is 9.59 Å². The molecule has 1 aliphatic heterocycles. The zero-order chi connectivity index (χ0) is 18.8. The van der Waals surface area contributed by atoms with E-state index >= 15 is 0 Å². The van der Waals surface area contributed by atoms with Gasteiger partial charge < -0.3 is 19.4 Å². The number of aromatic nitrogens is 1. The van der Waals surface area contributed by atoms with Crippen LogP contribution in [-0.4, -0.2) is 48.2 Å². The standard InChI is InChI=1S/C21H26N2O4/c1-2-27-19-13-26-10-9-17(19)22-20(24)12-23-11-16(21(25)14-7-8-14)15-5-3-4-6-18(15)23/h3-6,11,14,17,19H,2,7-10,12-13H2,1H3,(H,22,24)/t17-,19-/m1/s1. The lowest BCUT2D eigenvalue weighted by Crippen LogP contribution is -2.50. The second kappa shape index (κ2) is 7.82. The number of ether oxygens (including phenoxy) is 2. The second-order valence-corrected chi connectivity index (χ2v) is 7.36. The molecule has 6 heteroatoms. The van der Waals surface area contributed by atoms with Crippen molar-refractivity contribution in [2.45, 2.75) is 44.9 Å². The summed E-state index contributed by atoms with van der Waals surface area (Å²) >= 11 is 0. The SMILES string of the molecule is CCO[C@@H]1COCC[C@H]1NC(=O)Cn1cc(C(=O)C2CC2)c2ccccc21. The molecule has 2 fully saturated rings. The average Bonchev–Trinajstić information content (AvgIpc) is 3.46. The number of Topliss-reactive ketones (excluding diaryl/α,β-unsaturated/α-hetero) is 1. The number of amides is 1. The third kappa shape index (κ3) is 3.92. The highest BCUT2D eigenvalue weighted by atomic mass is 16.5. The normalized spacial score (nSPS) is 22.7. The number of benzene rings is 1. The molecule has 1 aliphatic carbocycles. The Morgan fingerprint density at radius 2 is 2.07 bits per heavy atom. The predicted molar refractivity (Wildman–Crippen MR) is 102 cm³/mol. The molecule has 0 bridgehead atoms. The van der Waals surface area contributed by atoms with Crippen molar-refractivity contribution in [3.63, 3.8) is 0 Å². The van der Waals surface area contributed by atoms with Crippen molar-refractivity contribution in [1.82, 2.24) is 9.88 Å². The highest BCUT2D eigenvalue weighted by Gasteiger charge is 2.32. The number of hydrogen-bond acceptors (Lipinski definition) is 4. The van der Waals surface area contributed by atoms with Gasteiger partial charge in [0.05, 0.1) is 12.6 Å². The van der Waals surface area contributed by atoms with Crippen LogP contribution in [0.3, 0.4) is 0 Å². The highest BCUT2D eigenvalue weighted by molar-refractivity contribution is 6.10. The molecule has 6 nitrogen and oxygen atoms in total. The van der Waals surface area contributed by atoms with Crippen LogP contribution in [0.4, 0.5) is 0 Å². The molecule has 2 heterocycles. The summed E-state index contributed by atoms with van der Waals surface area (Å²) in [5.74, 6) is 0.288. The van der Waals surface area contributed by atoms with Gasteiger partial charge in [-0.15, -0.1) is 0 Å². The molecule has 27 heavy (non-hydrogen) atoms. The van der Waals surface area contributed by atoms with Crippen molar-refractivity contribution < 1.29 is 19.1 Å². The van der Waals surface area contributed by atoms with Gasteiger partial charge in [0.25, 0.3) is 0 Å². The molecule has 1 N–H and O–H groups in total. The summed E-state index contributed by atoms with van der Waals surface area (Å²) in [6, 6.07) is 7.75. The lowest BCUT2D eigenvalue weighted by atomic mass is 10.1. The van der Waals surface area contributed by atoms with E-state index in [1.54, 1.807) is 0 Å². The van der Waals surface area contributed by atoms with E-state index in [-0.39, 0.29) is 36.3 Å². The monoisotopic (exact) mass is 370 g/mol. The third-order valence-electron chi connectivity index (χ3n) is 5.35. The van der Waals surface area contributed by atoms with Crippen LogP contribution in [0, 0.1) is 5.92 Å². The fraction of sp³-hybridized carbons (Fsp3) is 0.524. The first-order chi connectivity index (χ1) is 13.2. The first kappa shape index (κ1) is 18.2. The van der Waals surface area contributed by atoms with E-state index in [0.29, 0.717) is 19.8 Å². The van der Waals surface area contributed by atoms with Crippen LogP contribution in [0.15, 0.2) is 30.5 Å². The summed E-state index contributed by atoms with van der Waals surface area (Å²) in [4.78, 5) is 25.3. The first-order valence-corrected chi connectivity index (χ1v) is 9.78. The molecule has 4 rings (SSSR count). The first-order valence-electron chi connectivity index (χ1n) is 9.78. The number of hydrogen-bond donors (Lipinski definition) is 1. The molecule has 1 aromatic carbocycles. The topological polar surface area (TPSA) is 69.6 Å². The quantitative estimate of drug-likeness (QED) is 0.761. The Kier molecular flexibility index (Phi) is 5.27. The lowest BCUT2D eigenvalue weighted by Gasteiger charge is -2.31. The molecular formula is C21H26N2O4. The van der Waals surface area contributed by atoms with Crippen LogP contribution in [0.2, 0.25) is 0 Å². The smallest absolute Gasteiger partial charge is 0.240 e. The number of nitrogens with zero attached hydrogens (tertiary/aromatic N) is 1. The number of fused-ring (bicyclic) bond motifs is 1. The fourth-order valence-corrected chi connectivity index (χ4v) is 3.80.